The molecule has 7 aromatic carbocycles. The van der Waals surface area contributed by atoms with Crippen molar-refractivity contribution in [3.63, 3.8) is 0 Å². The van der Waals surface area contributed by atoms with Gasteiger partial charge in [-0.1, -0.05) is 176 Å². The number of hydrogen-bond donors (Lipinski definition) is 0. The third-order valence-electron chi connectivity index (χ3n) is 9.58. The van der Waals surface area contributed by atoms with Crippen LogP contribution in [0, 0.1) is 0 Å². The highest BCUT2D eigenvalue weighted by atomic mass is 28.3. The van der Waals surface area contributed by atoms with E-state index in [4.69, 9.17) is 4.42 Å². The Kier molecular flexibility index (Phi) is 6.22. The lowest BCUT2D eigenvalue weighted by Crippen LogP contribution is -2.72. The van der Waals surface area contributed by atoms with Gasteiger partial charge in [0.05, 0.1) is 0 Å². The topological polar surface area (TPSA) is 13.1 Å². The van der Waals surface area contributed by atoms with Crippen LogP contribution in [-0.4, -0.2) is 8.07 Å². The number of rotatable bonds is 5. The minimum absolute atomic E-state index is 0.905. The smallest absolute Gasteiger partial charge is 0.180 e. The summed E-state index contributed by atoms with van der Waals surface area (Å²) < 4.78 is 7.06. The molecule has 0 spiro atoms. The number of benzene rings is 7. The predicted molar refractivity (Wildman–Crippen MR) is 195 cm³/mol. The summed E-state index contributed by atoms with van der Waals surface area (Å²) in [6.07, 6.45) is 0. The maximum absolute atomic E-state index is 7.06. The minimum Gasteiger partial charge on any atom is -0.455 e. The molecule has 1 nitrogen and oxygen atoms in total. The fourth-order valence-electron chi connectivity index (χ4n) is 7.66. The van der Waals surface area contributed by atoms with Crippen LogP contribution < -0.4 is 20.7 Å². The molecule has 1 aliphatic heterocycles. The van der Waals surface area contributed by atoms with E-state index in [0.717, 1.165) is 33.4 Å². The van der Waals surface area contributed by atoms with E-state index in [2.05, 4.69) is 182 Å². The van der Waals surface area contributed by atoms with Gasteiger partial charge in [-0.25, -0.2) is 0 Å². The van der Waals surface area contributed by atoms with Gasteiger partial charge in [-0.3, -0.25) is 0 Å². The molecule has 0 atom stereocenters. The summed E-state index contributed by atoms with van der Waals surface area (Å²) in [4.78, 5) is 0. The Bertz CT molecular complexity index is 2310. The second-order valence-electron chi connectivity index (χ2n) is 12.0. The van der Waals surface area contributed by atoms with Crippen molar-refractivity contribution < 1.29 is 4.42 Å². The molecule has 0 saturated heterocycles. The van der Waals surface area contributed by atoms with Gasteiger partial charge in [0.25, 0.3) is 0 Å². The lowest BCUT2D eigenvalue weighted by molar-refractivity contribution is 0.602. The van der Waals surface area contributed by atoms with Crippen molar-refractivity contribution in [1.82, 2.24) is 0 Å². The highest BCUT2D eigenvalue weighted by Crippen LogP contribution is 2.44. The van der Waals surface area contributed by atoms with Gasteiger partial charge in [0, 0.05) is 21.9 Å². The predicted octanol–water partition coefficient (Wildman–Crippen LogP) is 8.79. The van der Waals surface area contributed by atoms with Crippen LogP contribution in [0.2, 0.25) is 0 Å². The first-order valence-electron chi connectivity index (χ1n) is 15.9. The van der Waals surface area contributed by atoms with E-state index in [1.165, 1.54) is 43.0 Å². The first-order chi connectivity index (χ1) is 22.8. The minimum atomic E-state index is -2.60. The van der Waals surface area contributed by atoms with E-state index in [9.17, 15) is 0 Å². The number of fused-ring (bicyclic) bond motifs is 4. The van der Waals surface area contributed by atoms with Gasteiger partial charge < -0.3 is 4.42 Å². The zero-order valence-corrected chi connectivity index (χ0v) is 26.2. The third kappa shape index (κ3) is 3.94. The van der Waals surface area contributed by atoms with Crippen LogP contribution in [0.4, 0.5) is 0 Å². The molecule has 2 heterocycles. The van der Waals surface area contributed by atoms with Crippen molar-refractivity contribution in [1.29, 1.82) is 0 Å². The monoisotopic (exact) mass is 602 g/mol. The highest BCUT2D eigenvalue weighted by molar-refractivity contribution is 7.22. The Hall–Kier alpha value is -5.70. The van der Waals surface area contributed by atoms with Crippen molar-refractivity contribution >= 4 is 39.6 Å². The van der Waals surface area contributed by atoms with Crippen molar-refractivity contribution in [2.45, 2.75) is 0 Å². The molecule has 9 rings (SSSR count). The van der Waals surface area contributed by atoms with Gasteiger partial charge in [0.15, 0.2) is 8.07 Å². The number of hydrogen-bond acceptors (Lipinski definition) is 1. The second kappa shape index (κ2) is 10.7. The lowest BCUT2D eigenvalue weighted by atomic mass is 9.96. The van der Waals surface area contributed by atoms with Gasteiger partial charge in [0.2, 0.25) is 0 Å². The van der Waals surface area contributed by atoms with E-state index in [1.54, 1.807) is 0 Å². The van der Waals surface area contributed by atoms with Gasteiger partial charge in [0.1, 0.15) is 11.5 Å². The molecule has 0 fully saturated rings. The van der Waals surface area contributed by atoms with Gasteiger partial charge in [-0.15, -0.1) is 0 Å². The summed E-state index contributed by atoms with van der Waals surface area (Å²) in [6, 6.07) is 66.1. The normalized spacial score (nSPS) is 13.0. The molecule has 0 bridgehead atoms. The maximum Gasteiger partial charge on any atom is 0.180 e. The molecule has 0 N–H and O–H groups in total. The van der Waals surface area contributed by atoms with Crippen molar-refractivity contribution in [2.24, 2.45) is 0 Å². The van der Waals surface area contributed by atoms with E-state index >= 15 is 0 Å². The second-order valence-corrected chi connectivity index (χ2v) is 15.7. The fraction of sp³-hybridized carbons (Fsp3) is 0. The van der Waals surface area contributed by atoms with Crippen LogP contribution in [0.15, 0.2) is 186 Å². The Labute approximate surface area is 270 Å². The van der Waals surface area contributed by atoms with Crippen molar-refractivity contribution in [3.8, 4) is 44.9 Å². The molecular weight excluding hydrogens is 573 g/mol. The fourth-order valence-corrected chi connectivity index (χ4v) is 12.9. The molecule has 0 aliphatic carbocycles. The molecule has 0 unspecified atom stereocenters. The number of furan rings is 1. The zero-order valence-electron chi connectivity index (χ0n) is 25.2. The SMILES string of the molecule is c1ccc(-c2cccc(-c3oc(-c4cccc5c4-c4ccccc4[Si]5(c4ccccc4)c4ccccc4)c4ccccc34)c2)cc1. The summed E-state index contributed by atoms with van der Waals surface area (Å²) in [5.74, 6) is 1.83. The van der Waals surface area contributed by atoms with Crippen LogP contribution in [0.25, 0.3) is 55.7 Å². The average molecular weight is 603 g/mol. The highest BCUT2D eigenvalue weighted by Gasteiger charge is 2.49. The van der Waals surface area contributed by atoms with E-state index in [-0.39, 0.29) is 0 Å². The van der Waals surface area contributed by atoms with Gasteiger partial charge in [-0.2, -0.15) is 0 Å². The Morgan fingerprint density at radius 1 is 0.348 bits per heavy atom. The quantitative estimate of drug-likeness (QED) is 0.180. The molecule has 46 heavy (non-hydrogen) atoms. The zero-order chi connectivity index (χ0) is 30.5. The van der Waals surface area contributed by atoms with E-state index in [1.807, 2.05) is 0 Å². The molecule has 1 aromatic heterocycles. The third-order valence-corrected chi connectivity index (χ3v) is 14.4. The van der Waals surface area contributed by atoms with Crippen molar-refractivity contribution in [2.75, 3.05) is 0 Å². The lowest BCUT2D eigenvalue weighted by Gasteiger charge is -2.31. The molecule has 0 amide bonds. The van der Waals surface area contributed by atoms with Crippen molar-refractivity contribution in [3.05, 3.63) is 182 Å². The molecule has 1 aliphatic rings. The molecule has 0 saturated carbocycles. The maximum atomic E-state index is 7.06. The standard InChI is InChI=1S/C44H30OSi/c1-4-16-31(17-5-1)32-18-14-19-33(30-32)43-36-24-10-11-25-37(36)44(45-43)39-27-15-29-41-42(39)38-26-12-13-28-40(38)46(41,34-20-6-2-7-21-34)35-22-8-3-9-23-35/h1-30H. The van der Waals surface area contributed by atoms with E-state index in [0.29, 0.717) is 0 Å². The summed E-state index contributed by atoms with van der Waals surface area (Å²) >= 11 is 0. The summed E-state index contributed by atoms with van der Waals surface area (Å²) in [6.45, 7) is 0. The van der Waals surface area contributed by atoms with Gasteiger partial charge >= 0.3 is 0 Å². The summed E-state index contributed by atoms with van der Waals surface area (Å²) in [7, 11) is -2.60. The van der Waals surface area contributed by atoms with Crippen LogP contribution >= 0.6 is 0 Å². The average Bonchev–Trinajstić information content (AvgIpc) is 3.68. The molecule has 0 radical (unpaired) electrons. The molecule has 8 aromatic rings. The Morgan fingerprint density at radius 3 is 1.57 bits per heavy atom. The van der Waals surface area contributed by atoms with Crippen LogP contribution in [-0.2, 0) is 0 Å². The van der Waals surface area contributed by atoms with Crippen LogP contribution in [0.1, 0.15) is 0 Å². The Balaban J connectivity index is 1.32. The summed E-state index contributed by atoms with van der Waals surface area (Å²) in [5, 5.41) is 7.89. The van der Waals surface area contributed by atoms with E-state index < -0.39 is 8.07 Å². The first kappa shape index (κ1) is 26.7. The molecule has 216 valence electrons. The van der Waals surface area contributed by atoms with Crippen LogP contribution in [0.5, 0.6) is 0 Å². The van der Waals surface area contributed by atoms with Crippen LogP contribution in [0.3, 0.4) is 0 Å². The first-order valence-corrected chi connectivity index (χ1v) is 17.9. The summed E-state index contributed by atoms with van der Waals surface area (Å²) in [5.41, 5.74) is 7.20. The Morgan fingerprint density at radius 2 is 0.848 bits per heavy atom. The largest absolute Gasteiger partial charge is 0.455 e. The van der Waals surface area contributed by atoms with Gasteiger partial charge in [-0.05, 0) is 49.1 Å². The molecular formula is C44H30OSi. The molecule has 2 heteroatoms.